The maximum absolute atomic E-state index is 6.28. The fourth-order valence-electron chi connectivity index (χ4n) is 6.25. The predicted octanol–water partition coefficient (Wildman–Crippen LogP) is 6.50. The van der Waals surface area contributed by atoms with E-state index in [0.29, 0.717) is 11.8 Å². The molecular weight excluding hydrogens is 415 g/mol. The summed E-state index contributed by atoms with van der Waals surface area (Å²) in [7, 11) is -0.310. The lowest BCUT2D eigenvalue weighted by Crippen LogP contribution is -2.41. The highest BCUT2D eigenvalue weighted by Crippen LogP contribution is 2.54. The van der Waals surface area contributed by atoms with Crippen molar-refractivity contribution in [1.82, 2.24) is 0 Å². The first-order valence-corrected chi connectivity index (χ1v) is 12.7. The van der Waals surface area contributed by atoms with E-state index in [0.717, 1.165) is 18.3 Å². The van der Waals surface area contributed by atoms with Gasteiger partial charge in [0.2, 0.25) is 0 Å². The highest BCUT2D eigenvalue weighted by molar-refractivity contribution is 6.62. The van der Waals surface area contributed by atoms with Crippen molar-refractivity contribution >= 4 is 18.7 Å². The quantitative estimate of drug-likeness (QED) is 0.486. The van der Waals surface area contributed by atoms with Crippen LogP contribution in [0.25, 0.3) is 6.08 Å². The van der Waals surface area contributed by atoms with Gasteiger partial charge in [-0.3, -0.25) is 0 Å². The van der Waals surface area contributed by atoms with Crippen molar-refractivity contribution in [2.45, 2.75) is 76.9 Å². The van der Waals surface area contributed by atoms with Crippen molar-refractivity contribution < 1.29 is 9.31 Å². The summed E-state index contributed by atoms with van der Waals surface area (Å²) < 4.78 is 12.6. The zero-order valence-corrected chi connectivity index (χ0v) is 21.3. The minimum Gasteiger partial charge on any atom is -0.399 e. The Morgan fingerprint density at radius 2 is 1.65 bits per heavy atom. The topological polar surface area (TPSA) is 18.5 Å². The molecule has 1 aliphatic heterocycles. The Morgan fingerprint density at radius 3 is 2.41 bits per heavy atom. The van der Waals surface area contributed by atoms with E-state index >= 15 is 0 Å². The largest absolute Gasteiger partial charge is 0.494 e. The molecule has 0 radical (unpaired) electrons. The summed E-state index contributed by atoms with van der Waals surface area (Å²) in [6, 6.07) is 15.8. The molecule has 174 valence electrons. The Balaban J connectivity index is 1.24. The average Bonchev–Trinajstić information content (AvgIpc) is 3.18. The molecule has 2 unspecified atom stereocenters. The second kappa shape index (κ2) is 7.32. The van der Waals surface area contributed by atoms with Gasteiger partial charge < -0.3 is 9.31 Å². The molecule has 4 aliphatic rings. The molecule has 1 fully saturated rings. The lowest BCUT2D eigenvalue weighted by Gasteiger charge is -2.32. The zero-order chi connectivity index (χ0) is 23.9. The Labute approximate surface area is 204 Å². The fourth-order valence-corrected chi connectivity index (χ4v) is 6.25. The summed E-state index contributed by atoms with van der Waals surface area (Å²) in [5.74, 6) is 0.973. The second-order valence-electron chi connectivity index (χ2n) is 12.0. The third-order valence-corrected chi connectivity index (χ3v) is 9.09. The average molecular weight is 450 g/mol. The molecule has 2 aromatic rings. The molecule has 0 saturated carbocycles. The summed E-state index contributed by atoms with van der Waals surface area (Å²) in [5.41, 5.74) is 9.35. The highest BCUT2D eigenvalue weighted by atomic mass is 16.7. The number of hydrogen-bond acceptors (Lipinski definition) is 2. The number of allylic oxidation sites excluding steroid dienone is 5. The molecule has 6 rings (SSSR count). The molecule has 1 saturated heterocycles. The predicted molar refractivity (Wildman–Crippen MR) is 141 cm³/mol. The number of fused-ring (bicyclic) bond motifs is 4. The van der Waals surface area contributed by atoms with E-state index in [9.17, 15) is 0 Å². The molecule has 0 aromatic heterocycles. The summed E-state index contributed by atoms with van der Waals surface area (Å²) in [6.07, 6.45) is 11.9. The second-order valence-corrected chi connectivity index (χ2v) is 12.0. The molecule has 2 nitrogen and oxygen atoms in total. The Morgan fingerprint density at radius 1 is 0.912 bits per heavy atom. The van der Waals surface area contributed by atoms with E-state index in [1.54, 1.807) is 5.57 Å². The monoisotopic (exact) mass is 450 g/mol. The number of rotatable bonds is 2. The molecule has 34 heavy (non-hydrogen) atoms. The van der Waals surface area contributed by atoms with E-state index in [-0.39, 0.29) is 23.7 Å². The van der Waals surface area contributed by atoms with E-state index in [2.05, 4.69) is 108 Å². The highest BCUT2D eigenvalue weighted by Gasteiger charge is 2.51. The van der Waals surface area contributed by atoms with Gasteiger partial charge in [0.1, 0.15) is 0 Å². The lowest BCUT2D eigenvalue weighted by atomic mass is 9.73. The minimum absolute atomic E-state index is 0.106. The fraction of sp³-hybridized carbons (Fsp3) is 0.419. The molecule has 0 spiro atoms. The van der Waals surface area contributed by atoms with Gasteiger partial charge in [-0.2, -0.15) is 0 Å². The lowest BCUT2D eigenvalue weighted by molar-refractivity contribution is 0.00578. The Hall–Kier alpha value is -2.36. The van der Waals surface area contributed by atoms with Crippen LogP contribution < -0.4 is 5.46 Å². The first-order valence-electron chi connectivity index (χ1n) is 12.7. The summed E-state index contributed by atoms with van der Waals surface area (Å²) in [6.45, 7) is 13.2. The first kappa shape index (κ1) is 22.1. The van der Waals surface area contributed by atoms with E-state index in [1.807, 2.05) is 0 Å². The van der Waals surface area contributed by atoms with Gasteiger partial charge in [-0.25, -0.2) is 0 Å². The Kier molecular flexibility index (Phi) is 4.77. The SMILES string of the molecule is CC1(C)C2=CC(C3C=Cc4cc(B5OC(C)(C)C(C)(C)O5)ccc4C3)=CCC2c2ccccc21. The maximum Gasteiger partial charge on any atom is 0.494 e. The van der Waals surface area contributed by atoms with E-state index < -0.39 is 0 Å². The van der Waals surface area contributed by atoms with Crippen LogP contribution in [0.3, 0.4) is 0 Å². The van der Waals surface area contributed by atoms with Crippen LogP contribution in [0.2, 0.25) is 0 Å². The van der Waals surface area contributed by atoms with Crippen LogP contribution in [0.5, 0.6) is 0 Å². The number of hydrogen-bond donors (Lipinski definition) is 0. The maximum atomic E-state index is 6.28. The van der Waals surface area contributed by atoms with Crippen molar-refractivity contribution in [3.8, 4) is 0 Å². The van der Waals surface area contributed by atoms with Gasteiger partial charge in [-0.1, -0.05) is 86.2 Å². The molecule has 2 aromatic carbocycles. The first-order chi connectivity index (χ1) is 16.1. The minimum atomic E-state index is -0.318. The van der Waals surface area contributed by atoms with Crippen LogP contribution in [0, 0.1) is 5.92 Å². The summed E-state index contributed by atoms with van der Waals surface area (Å²) >= 11 is 0. The zero-order valence-electron chi connectivity index (χ0n) is 21.3. The van der Waals surface area contributed by atoms with Gasteiger partial charge in [0.25, 0.3) is 0 Å². The third kappa shape index (κ3) is 3.24. The van der Waals surface area contributed by atoms with Crippen LogP contribution in [-0.2, 0) is 21.1 Å². The van der Waals surface area contributed by atoms with Crippen LogP contribution >= 0.6 is 0 Å². The van der Waals surface area contributed by atoms with Gasteiger partial charge in [0.05, 0.1) is 11.2 Å². The Bertz CT molecular complexity index is 1240. The summed E-state index contributed by atoms with van der Waals surface area (Å²) in [5, 5.41) is 0. The third-order valence-electron chi connectivity index (χ3n) is 9.09. The van der Waals surface area contributed by atoms with Gasteiger partial charge in [-0.15, -0.1) is 0 Å². The molecule has 2 atom stereocenters. The van der Waals surface area contributed by atoms with Crippen molar-refractivity contribution in [2.24, 2.45) is 5.92 Å². The van der Waals surface area contributed by atoms with Crippen LogP contribution in [0.15, 0.2) is 71.8 Å². The van der Waals surface area contributed by atoms with Gasteiger partial charge in [0.15, 0.2) is 0 Å². The molecular formula is C31H35BO2. The van der Waals surface area contributed by atoms with Crippen LogP contribution in [0.1, 0.15) is 76.1 Å². The molecule has 1 heterocycles. The molecule has 3 heteroatoms. The van der Waals surface area contributed by atoms with Crippen LogP contribution in [-0.4, -0.2) is 18.3 Å². The van der Waals surface area contributed by atoms with Gasteiger partial charge in [-0.05, 0) is 73.8 Å². The van der Waals surface area contributed by atoms with Gasteiger partial charge in [0, 0.05) is 17.3 Å². The summed E-state index contributed by atoms with van der Waals surface area (Å²) in [4.78, 5) is 0. The van der Waals surface area contributed by atoms with E-state index in [1.165, 1.54) is 27.8 Å². The molecule has 0 bridgehead atoms. The van der Waals surface area contributed by atoms with Crippen molar-refractivity contribution in [1.29, 1.82) is 0 Å². The van der Waals surface area contributed by atoms with E-state index in [4.69, 9.17) is 9.31 Å². The smallest absolute Gasteiger partial charge is 0.399 e. The van der Waals surface area contributed by atoms with Crippen molar-refractivity contribution in [3.63, 3.8) is 0 Å². The van der Waals surface area contributed by atoms with Crippen LogP contribution in [0.4, 0.5) is 0 Å². The normalized spacial score (nSPS) is 27.5. The standard InChI is InChI=1S/C31H35BO2/c1-29(2)27-10-8-7-9-25(27)26-16-14-23(19-28(26)29)20-11-12-22-18-24(15-13-21(22)17-20)32-33-30(3,4)31(5,6)34-32/h7-15,18-20,26H,16-17H2,1-6H3. The molecule has 0 N–H and O–H groups in total. The van der Waals surface area contributed by atoms with Crippen molar-refractivity contribution in [2.75, 3.05) is 0 Å². The molecule has 0 amide bonds. The van der Waals surface area contributed by atoms with Gasteiger partial charge >= 0.3 is 7.12 Å². The molecule has 3 aliphatic carbocycles. The van der Waals surface area contributed by atoms with Crippen molar-refractivity contribution in [3.05, 3.63) is 94.1 Å². The number of benzene rings is 2.